The number of hydrogen-bond acceptors (Lipinski definition) is 5. The van der Waals surface area contributed by atoms with E-state index in [-0.39, 0.29) is 5.97 Å². The van der Waals surface area contributed by atoms with Crippen LogP contribution in [0.1, 0.15) is 22.8 Å². The van der Waals surface area contributed by atoms with Crippen molar-refractivity contribution in [3.8, 4) is 0 Å². The van der Waals surface area contributed by atoms with E-state index in [2.05, 4.69) is 4.57 Å². The minimum atomic E-state index is -0.334. The van der Waals surface area contributed by atoms with Crippen molar-refractivity contribution in [2.75, 3.05) is 20.3 Å². The minimum absolute atomic E-state index is 0.334. The lowest BCUT2D eigenvalue weighted by atomic mass is 10.2. The van der Waals surface area contributed by atoms with E-state index in [1.165, 1.54) is 0 Å². The number of imidazole rings is 1. The lowest BCUT2D eigenvalue weighted by Gasteiger charge is -2.08. The predicted molar refractivity (Wildman–Crippen MR) is 109 cm³/mol. The second-order valence-electron chi connectivity index (χ2n) is 5.88. The van der Waals surface area contributed by atoms with E-state index < -0.39 is 0 Å². The van der Waals surface area contributed by atoms with Gasteiger partial charge in [-0.05, 0) is 42.8 Å². The summed E-state index contributed by atoms with van der Waals surface area (Å²) in [6, 6.07) is 13.3. The lowest BCUT2D eigenvalue weighted by Crippen LogP contribution is -2.06. The van der Waals surface area contributed by atoms with Crippen LogP contribution in [0.25, 0.3) is 11.0 Å². The maximum Gasteiger partial charge on any atom is 0.338 e. The van der Waals surface area contributed by atoms with Crippen molar-refractivity contribution >= 4 is 40.4 Å². The molecule has 27 heavy (non-hydrogen) atoms. The summed E-state index contributed by atoms with van der Waals surface area (Å²) in [7, 11) is 1.68. The Labute approximate surface area is 167 Å². The number of fused-ring (bicyclic) bond motifs is 1. The van der Waals surface area contributed by atoms with Gasteiger partial charge in [-0.1, -0.05) is 35.5 Å². The van der Waals surface area contributed by atoms with E-state index in [0.717, 1.165) is 32.5 Å². The Bertz CT molecular complexity index is 942. The lowest BCUT2D eigenvalue weighted by molar-refractivity contribution is 0.0526. The number of carbonyl (C=O) groups is 1. The zero-order valence-electron chi connectivity index (χ0n) is 15.3. The number of nitrogens with zero attached hydrogens (tertiary/aromatic N) is 2. The van der Waals surface area contributed by atoms with Gasteiger partial charge in [-0.15, -0.1) is 0 Å². The standard InChI is InChI=1S/C20H21ClN2O3S/c1-3-26-19(24)15-7-8-18-17(12-15)22-20(23(18)9-10-25-2)27-13-14-5-4-6-16(21)11-14/h4-8,11-12H,3,9-10,13H2,1-2H3. The fourth-order valence-electron chi connectivity index (χ4n) is 2.73. The van der Waals surface area contributed by atoms with Crippen molar-refractivity contribution < 1.29 is 14.3 Å². The number of carbonyl (C=O) groups excluding carboxylic acids is 1. The Morgan fingerprint density at radius 2 is 2.11 bits per heavy atom. The Morgan fingerprint density at radius 1 is 1.26 bits per heavy atom. The van der Waals surface area contributed by atoms with Gasteiger partial charge in [0.1, 0.15) is 0 Å². The Balaban J connectivity index is 1.90. The highest BCUT2D eigenvalue weighted by molar-refractivity contribution is 7.98. The largest absolute Gasteiger partial charge is 0.462 e. The van der Waals surface area contributed by atoms with Gasteiger partial charge in [-0.25, -0.2) is 9.78 Å². The third kappa shape index (κ3) is 4.83. The summed E-state index contributed by atoms with van der Waals surface area (Å²) < 4.78 is 12.4. The zero-order valence-corrected chi connectivity index (χ0v) is 16.8. The van der Waals surface area contributed by atoms with E-state index in [9.17, 15) is 4.79 Å². The maximum absolute atomic E-state index is 12.0. The van der Waals surface area contributed by atoms with Crippen LogP contribution in [0, 0.1) is 0 Å². The maximum atomic E-state index is 12.0. The van der Waals surface area contributed by atoms with Crippen LogP contribution >= 0.6 is 23.4 Å². The smallest absolute Gasteiger partial charge is 0.338 e. The molecule has 2 aromatic carbocycles. The van der Waals surface area contributed by atoms with E-state index in [0.29, 0.717) is 25.3 Å². The summed E-state index contributed by atoms with van der Waals surface area (Å²) >= 11 is 7.70. The Kier molecular flexibility index (Phi) is 6.77. The first-order valence-electron chi connectivity index (χ1n) is 8.66. The number of thioether (sulfide) groups is 1. The average Bonchev–Trinajstić information content (AvgIpc) is 3.01. The monoisotopic (exact) mass is 404 g/mol. The van der Waals surface area contributed by atoms with Gasteiger partial charge in [0, 0.05) is 24.4 Å². The molecule has 0 aliphatic heterocycles. The number of methoxy groups -OCH3 is 1. The van der Waals surface area contributed by atoms with E-state index in [1.807, 2.05) is 30.3 Å². The molecular formula is C20H21ClN2O3S. The summed E-state index contributed by atoms with van der Waals surface area (Å²) in [6.07, 6.45) is 0. The molecule has 0 N–H and O–H groups in total. The highest BCUT2D eigenvalue weighted by Gasteiger charge is 2.15. The number of ether oxygens (including phenoxy) is 2. The van der Waals surface area contributed by atoms with E-state index >= 15 is 0 Å². The van der Waals surface area contributed by atoms with Gasteiger partial charge in [-0.3, -0.25) is 0 Å². The topological polar surface area (TPSA) is 53.3 Å². The van der Waals surface area contributed by atoms with Crippen molar-refractivity contribution in [2.24, 2.45) is 0 Å². The highest BCUT2D eigenvalue weighted by Crippen LogP contribution is 2.28. The molecule has 0 aliphatic carbocycles. The number of esters is 1. The molecule has 7 heteroatoms. The van der Waals surface area contributed by atoms with Crippen LogP contribution in [0.2, 0.25) is 5.02 Å². The van der Waals surface area contributed by atoms with Crippen molar-refractivity contribution in [1.29, 1.82) is 0 Å². The summed E-state index contributed by atoms with van der Waals surface area (Å²) in [5.74, 6) is 0.417. The molecule has 0 saturated heterocycles. The van der Waals surface area contributed by atoms with Crippen molar-refractivity contribution in [3.63, 3.8) is 0 Å². The zero-order chi connectivity index (χ0) is 19.2. The van der Waals surface area contributed by atoms with Crippen molar-refractivity contribution in [3.05, 3.63) is 58.6 Å². The van der Waals surface area contributed by atoms with Crippen LogP contribution in [0.4, 0.5) is 0 Å². The molecule has 3 rings (SSSR count). The predicted octanol–water partition coefficient (Wildman–Crippen LogP) is 4.81. The van der Waals surface area contributed by atoms with Crippen LogP contribution in [0.5, 0.6) is 0 Å². The molecule has 0 atom stereocenters. The molecule has 0 radical (unpaired) electrons. The van der Waals surface area contributed by atoms with Gasteiger partial charge in [0.05, 0.1) is 29.8 Å². The summed E-state index contributed by atoms with van der Waals surface area (Å²) in [4.78, 5) is 16.7. The molecule has 0 amide bonds. The third-order valence-corrected chi connectivity index (χ3v) is 5.28. The molecule has 1 heterocycles. The Hall–Kier alpha value is -2.02. The quantitative estimate of drug-likeness (QED) is 0.398. The fraction of sp³-hybridized carbons (Fsp3) is 0.300. The molecule has 0 aliphatic rings. The molecule has 0 unspecified atom stereocenters. The van der Waals surface area contributed by atoms with E-state index in [1.54, 1.807) is 37.9 Å². The second-order valence-corrected chi connectivity index (χ2v) is 7.26. The van der Waals surface area contributed by atoms with Crippen LogP contribution in [0.3, 0.4) is 0 Å². The van der Waals surface area contributed by atoms with Gasteiger partial charge < -0.3 is 14.0 Å². The normalized spacial score (nSPS) is 11.1. The molecule has 0 saturated carbocycles. The van der Waals surface area contributed by atoms with Crippen LogP contribution < -0.4 is 0 Å². The van der Waals surface area contributed by atoms with E-state index in [4.69, 9.17) is 26.1 Å². The molecule has 5 nitrogen and oxygen atoms in total. The minimum Gasteiger partial charge on any atom is -0.462 e. The first-order valence-corrected chi connectivity index (χ1v) is 10.0. The summed E-state index contributed by atoms with van der Waals surface area (Å²) in [5, 5.41) is 1.60. The molecule has 0 bridgehead atoms. The molecular weight excluding hydrogens is 384 g/mol. The molecule has 1 aromatic heterocycles. The summed E-state index contributed by atoms with van der Waals surface area (Å²) in [5.41, 5.74) is 3.37. The average molecular weight is 405 g/mol. The van der Waals surface area contributed by atoms with Gasteiger partial charge >= 0.3 is 5.97 Å². The van der Waals surface area contributed by atoms with Gasteiger partial charge in [-0.2, -0.15) is 0 Å². The number of aromatic nitrogens is 2. The SMILES string of the molecule is CCOC(=O)c1ccc2c(c1)nc(SCc1cccc(Cl)c1)n2CCOC. The number of benzene rings is 2. The van der Waals surface area contributed by atoms with Crippen molar-refractivity contribution in [2.45, 2.75) is 24.4 Å². The molecule has 3 aromatic rings. The summed E-state index contributed by atoms with van der Waals surface area (Å²) in [6.45, 7) is 3.40. The Morgan fingerprint density at radius 3 is 2.85 bits per heavy atom. The van der Waals surface area contributed by atoms with Crippen LogP contribution in [-0.4, -0.2) is 35.8 Å². The van der Waals surface area contributed by atoms with Gasteiger partial charge in [0.2, 0.25) is 0 Å². The van der Waals surface area contributed by atoms with Crippen molar-refractivity contribution in [1.82, 2.24) is 9.55 Å². The second kappa shape index (κ2) is 9.26. The van der Waals surface area contributed by atoms with Gasteiger partial charge in [0.25, 0.3) is 0 Å². The first-order chi connectivity index (χ1) is 13.1. The molecule has 0 spiro atoms. The highest BCUT2D eigenvalue weighted by atomic mass is 35.5. The van der Waals surface area contributed by atoms with Crippen LogP contribution in [-0.2, 0) is 21.8 Å². The first kappa shape index (κ1) is 19.7. The van der Waals surface area contributed by atoms with Gasteiger partial charge in [0.15, 0.2) is 5.16 Å². The number of halogens is 1. The molecule has 0 fully saturated rings. The fourth-order valence-corrected chi connectivity index (χ4v) is 3.93. The number of rotatable bonds is 8. The van der Waals surface area contributed by atoms with Crippen LogP contribution in [0.15, 0.2) is 47.6 Å². The third-order valence-electron chi connectivity index (χ3n) is 4.00. The molecule has 142 valence electrons. The number of hydrogen-bond donors (Lipinski definition) is 0.